The van der Waals surface area contributed by atoms with Gasteiger partial charge in [-0.2, -0.15) is 13.2 Å². The lowest BCUT2D eigenvalue weighted by atomic mass is 9.99. The Kier molecular flexibility index (Phi) is 10.0. The van der Waals surface area contributed by atoms with Crippen LogP contribution in [-0.4, -0.2) is 36.8 Å². The van der Waals surface area contributed by atoms with Gasteiger partial charge in [-0.1, -0.05) is 0 Å². The van der Waals surface area contributed by atoms with Gasteiger partial charge >= 0.3 is 6.18 Å². The topological polar surface area (TPSA) is 63.2 Å². The standard InChI is InChI=1S/C14H18F3N3O2.2ClH/c15-14(16,17)9-22-12-6-10(3-5-19-12)7-20-13(21)11-2-1-4-18-8-11;;/h3,5-6,11,18H,1-2,4,7-9H2,(H,20,21);2*1H. The Morgan fingerprint density at radius 1 is 1.42 bits per heavy atom. The van der Waals surface area contributed by atoms with E-state index in [4.69, 9.17) is 0 Å². The van der Waals surface area contributed by atoms with Crippen LogP contribution in [0, 0.1) is 5.92 Å². The van der Waals surface area contributed by atoms with Gasteiger partial charge in [-0.15, -0.1) is 24.8 Å². The number of ether oxygens (including phenoxy) is 1. The minimum Gasteiger partial charge on any atom is -0.468 e. The van der Waals surface area contributed by atoms with E-state index in [0.717, 1.165) is 19.4 Å². The van der Waals surface area contributed by atoms with Gasteiger partial charge in [-0.25, -0.2) is 4.98 Å². The first-order chi connectivity index (χ1) is 10.4. The molecule has 1 saturated heterocycles. The highest BCUT2D eigenvalue weighted by atomic mass is 35.5. The van der Waals surface area contributed by atoms with E-state index >= 15 is 0 Å². The molecule has 0 aromatic carbocycles. The van der Waals surface area contributed by atoms with Crippen LogP contribution in [0.5, 0.6) is 5.88 Å². The van der Waals surface area contributed by atoms with Crippen LogP contribution in [0.2, 0.25) is 0 Å². The summed E-state index contributed by atoms with van der Waals surface area (Å²) in [7, 11) is 0. The molecule has 1 atom stereocenters. The van der Waals surface area contributed by atoms with E-state index < -0.39 is 12.8 Å². The minimum absolute atomic E-state index is 0. The highest BCUT2D eigenvalue weighted by Gasteiger charge is 2.28. The Labute approximate surface area is 150 Å². The molecule has 24 heavy (non-hydrogen) atoms. The van der Waals surface area contributed by atoms with Crippen LogP contribution in [0.15, 0.2) is 18.3 Å². The van der Waals surface area contributed by atoms with E-state index in [1.165, 1.54) is 12.3 Å². The van der Waals surface area contributed by atoms with Crippen LogP contribution < -0.4 is 15.4 Å². The first kappa shape index (κ1) is 22.8. The van der Waals surface area contributed by atoms with E-state index in [2.05, 4.69) is 20.4 Å². The van der Waals surface area contributed by atoms with Gasteiger partial charge in [0.05, 0.1) is 5.92 Å². The number of carbonyl (C=O) groups is 1. The fraction of sp³-hybridized carbons (Fsp3) is 0.571. The zero-order chi connectivity index (χ0) is 16.0. The Bertz CT molecular complexity index is 512. The summed E-state index contributed by atoms with van der Waals surface area (Å²) in [6.45, 7) is 0.431. The van der Waals surface area contributed by atoms with Crippen molar-refractivity contribution < 1.29 is 22.7 Å². The summed E-state index contributed by atoms with van der Waals surface area (Å²) in [4.78, 5) is 15.7. The summed E-state index contributed by atoms with van der Waals surface area (Å²) < 4.78 is 40.8. The average Bonchev–Trinajstić information content (AvgIpc) is 2.51. The minimum atomic E-state index is -4.40. The van der Waals surface area contributed by atoms with Gasteiger partial charge in [0.2, 0.25) is 11.8 Å². The number of hydrogen-bond donors (Lipinski definition) is 2. The predicted octanol–water partition coefficient (Wildman–Crippen LogP) is 2.48. The van der Waals surface area contributed by atoms with Gasteiger partial charge in [-0.05, 0) is 31.0 Å². The van der Waals surface area contributed by atoms with Crippen molar-refractivity contribution in [2.75, 3.05) is 19.7 Å². The molecule has 0 saturated carbocycles. The molecule has 2 N–H and O–H groups in total. The molecule has 0 radical (unpaired) electrons. The molecule has 0 bridgehead atoms. The molecule has 2 rings (SSSR count). The van der Waals surface area contributed by atoms with E-state index in [0.29, 0.717) is 12.1 Å². The maximum absolute atomic E-state index is 12.1. The summed E-state index contributed by atoms with van der Waals surface area (Å²) in [6, 6.07) is 3.02. The summed E-state index contributed by atoms with van der Waals surface area (Å²) in [5, 5.41) is 5.94. The van der Waals surface area contributed by atoms with Crippen LogP contribution in [0.4, 0.5) is 13.2 Å². The van der Waals surface area contributed by atoms with Crippen molar-refractivity contribution in [1.82, 2.24) is 15.6 Å². The van der Waals surface area contributed by atoms with Gasteiger partial charge in [-0.3, -0.25) is 4.79 Å². The van der Waals surface area contributed by atoms with Crippen LogP contribution in [0.25, 0.3) is 0 Å². The number of rotatable bonds is 5. The van der Waals surface area contributed by atoms with Gasteiger partial charge in [0.15, 0.2) is 6.61 Å². The zero-order valence-electron chi connectivity index (χ0n) is 12.8. The van der Waals surface area contributed by atoms with Crippen molar-refractivity contribution in [1.29, 1.82) is 0 Å². The summed E-state index contributed by atoms with van der Waals surface area (Å²) >= 11 is 0. The number of hydrogen-bond acceptors (Lipinski definition) is 4. The Balaban J connectivity index is 0.00000264. The molecule has 5 nitrogen and oxygen atoms in total. The lowest BCUT2D eigenvalue weighted by Crippen LogP contribution is -2.40. The van der Waals surface area contributed by atoms with Crippen molar-refractivity contribution in [3.63, 3.8) is 0 Å². The molecule has 1 aliphatic heterocycles. The molecule has 1 aromatic rings. The van der Waals surface area contributed by atoms with Crippen molar-refractivity contribution in [3.8, 4) is 5.88 Å². The Morgan fingerprint density at radius 3 is 2.79 bits per heavy atom. The molecule has 10 heteroatoms. The van der Waals surface area contributed by atoms with Gasteiger partial charge in [0, 0.05) is 25.4 Å². The Hall–Kier alpha value is -1.25. The average molecular weight is 390 g/mol. The summed E-state index contributed by atoms with van der Waals surface area (Å²) in [5.74, 6) is -0.221. The molecular formula is C14H20Cl2F3N3O2. The number of alkyl halides is 3. The van der Waals surface area contributed by atoms with Crippen LogP contribution >= 0.6 is 24.8 Å². The van der Waals surface area contributed by atoms with Crippen molar-refractivity contribution >= 4 is 30.7 Å². The summed E-state index contributed by atoms with van der Waals surface area (Å²) in [5.41, 5.74) is 0.643. The summed E-state index contributed by atoms with van der Waals surface area (Å²) in [6.07, 6.45) is -1.24. The second-order valence-corrected chi connectivity index (χ2v) is 5.17. The number of carbonyl (C=O) groups excluding carboxylic acids is 1. The second kappa shape index (κ2) is 10.6. The van der Waals surface area contributed by atoms with Crippen LogP contribution in [-0.2, 0) is 11.3 Å². The molecule has 1 aromatic heterocycles. The lowest BCUT2D eigenvalue weighted by molar-refractivity contribution is -0.154. The molecule has 1 fully saturated rings. The molecule has 1 amide bonds. The predicted molar refractivity (Wildman–Crippen MR) is 87.7 cm³/mol. The molecule has 0 aliphatic carbocycles. The molecule has 0 spiro atoms. The van der Waals surface area contributed by atoms with E-state index in [1.807, 2.05) is 0 Å². The third kappa shape index (κ3) is 8.03. The van der Waals surface area contributed by atoms with Crippen molar-refractivity contribution in [2.45, 2.75) is 25.6 Å². The SMILES string of the molecule is Cl.Cl.O=C(NCc1ccnc(OCC(F)(F)F)c1)C1CCCNC1. The number of halogens is 5. The fourth-order valence-electron chi connectivity index (χ4n) is 2.20. The zero-order valence-corrected chi connectivity index (χ0v) is 14.4. The lowest BCUT2D eigenvalue weighted by Gasteiger charge is -2.21. The quantitative estimate of drug-likeness (QED) is 0.811. The van der Waals surface area contributed by atoms with E-state index in [1.54, 1.807) is 6.07 Å². The van der Waals surface area contributed by atoms with Gasteiger partial charge < -0.3 is 15.4 Å². The maximum Gasteiger partial charge on any atom is 0.422 e. The second-order valence-electron chi connectivity index (χ2n) is 5.17. The van der Waals surface area contributed by atoms with Gasteiger partial charge in [0.25, 0.3) is 0 Å². The first-order valence-corrected chi connectivity index (χ1v) is 7.07. The molecule has 1 aliphatic rings. The van der Waals surface area contributed by atoms with Crippen molar-refractivity contribution in [3.05, 3.63) is 23.9 Å². The number of pyridine rings is 1. The van der Waals surface area contributed by atoms with Crippen LogP contribution in [0.3, 0.4) is 0 Å². The third-order valence-corrected chi connectivity index (χ3v) is 3.32. The third-order valence-electron chi connectivity index (χ3n) is 3.32. The monoisotopic (exact) mass is 389 g/mol. The van der Waals surface area contributed by atoms with E-state index in [-0.39, 0.29) is 49.1 Å². The molecule has 138 valence electrons. The van der Waals surface area contributed by atoms with Crippen molar-refractivity contribution in [2.24, 2.45) is 5.92 Å². The number of nitrogens with zero attached hydrogens (tertiary/aromatic N) is 1. The molecule has 1 unspecified atom stereocenters. The number of piperidine rings is 1. The van der Waals surface area contributed by atoms with Crippen LogP contribution in [0.1, 0.15) is 18.4 Å². The number of amides is 1. The maximum atomic E-state index is 12.1. The fourth-order valence-corrected chi connectivity index (χ4v) is 2.20. The molecule has 2 heterocycles. The highest BCUT2D eigenvalue weighted by molar-refractivity contribution is 5.85. The van der Waals surface area contributed by atoms with E-state index in [9.17, 15) is 18.0 Å². The number of nitrogens with one attached hydrogen (secondary N) is 2. The smallest absolute Gasteiger partial charge is 0.422 e. The number of aromatic nitrogens is 1. The Morgan fingerprint density at radius 2 is 2.17 bits per heavy atom. The normalized spacial score (nSPS) is 17.2. The van der Waals surface area contributed by atoms with Gasteiger partial charge in [0.1, 0.15) is 0 Å². The largest absolute Gasteiger partial charge is 0.468 e. The first-order valence-electron chi connectivity index (χ1n) is 7.07. The molecular weight excluding hydrogens is 370 g/mol. The highest BCUT2D eigenvalue weighted by Crippen LogP contribution is 2.17.